The molecule has 0 bridgehead atoms. The number of fused-ring (bicyclic) bond motifs is 2. The first kappa shape index (κ1) is 21.8. The molecule has 1 aromatic carbocycles. The van der Waals surface area contributed by atoms with Crippen molar-refractivity contribution in [2.24, 2.45) is 0 Å². The lowest BCUT2D eigenvalue weighted by molar-refractivity contribution is -0.108. The van der Waals surface area contributed by atoms with Crippen LogP contribution in [0, 0.1) is 0 Å². The van der Waals surface area contributed by atoms with E-state index < -0.39 is 23.3 Å². The number of aromatic nitrogens is 1. The van der Waals surface area contributed by atoms with Gasteiger partial charge in [0.05, 0.1) is 18.2 Å². The van der Waals surface area contributed by atoms with Gasteiger partial charge in [-0.2, -0.15) is 0 Å². The standard InChI is InChI=1S/C21H22N2O5.C2H6/c1-13-21-22(10-5-11-28-21)20(27)17-19(26)18(25)15(12-23(13)17)16(24)9-8-14-6-3-2-4-7-14;1-2/h2-4,6-7,12-13,21,26H,5,8-11H2,1H3;1-2H3. The van der Waals surface area contributed by atoms with Crippen molar-refractivity contribution in [3.8, 4) is 5.75 Å². The fourth-order valence-corrected chi connectivity index (χ4v) is 3.93. The van der Waals surface area contributed by atoms with Gasteiger partial charge in [0.25, 0.3) is 5.91 Å². The quantitative estimate of drug-likeness (QED) is 0.780. The van der Waals surface area contributed by atoms with Crippen molar-refractivity contribution in [2.45, 2.75) is 52.3 Å². The fraction of sp³-hybridized carbons (Fsp3) is 0.435. The van der Waals surface area contributed by atoms with E-state index in [1.54, 1.807) is 4.90 Å². The lowest BCUT2D eigenvalue weighted by Crippen LogP contribution is -2.55. The van der Waals surface area contributed by atoms with Crippen molar-refractivity contribution >= 4 is 11.7 Å². The molecule has 0 aliphatic carbocycles. The first-order valence-corrected chi connectivity index (χ1v) is 10.5. The molecule has 7 heteroatoms. The van der Waals surface area contributed by atoms with Crippen LogP contribution in [0.1, 0.15) is 66.1 Å². The molecule has 1 fully saturated rings. The number of Topliss-reactive ketones (excluding diaryl/α,β-unsaturated/α-hetero) is 1. The van der Waals surface area contributed by atoms with Gasteiger partial charge >= 0.3 is 0 Å². The topological polar surface area (TPSA) is 88.8 Å². The summed E-state index contributed by atoms with van der Waals surface area (Å²) < 4.78 is 7.25. The summed E-state index contributed by atoms with van der Waals surface area (Å²) in [7, 11) is 0. The molecule has 30 heavy (non-hydrogen) atoms. The molecule has 4 rings (SSSR count). The molecule has 1 N–H and O–H groups in total. The molecule has 3 heterocycles. The molecule has 7 nitrogen and oxygen atoms in total. The minimum atomic E-state index is -0.791. The predicted octanol–water partition coefficient (Wildman–Crippen LogP) is 3.16. The number of carbonyl (C=O) groups is 2. The van der Waals surface area contributed by atoms with E-state index in [0.717, 1.165) is 5.56 Å². The van der Waals surface area contributed by atoms with Crippen molar-refractivity contribution in [3.05, 3.63) is 63.6 Å². The maximum Gasteiger partial charge on any atom is 0.276 e. The van der Waals surface area contributed by atoms with E-state index in [-0.39, 0.29) is 29.5 Å². The summed E-state index contributed by atoms with van der Waals surface area (Å²) in [5.41, 5.74) is 0.0362. The number of aromatic hydroxyl groups is 1. The van der Waals surface area contributed by atoms with E-state index in [1.807, 2.05) is 51.1 Å². The number of carbonyl (C=O) groups excluding carboxylic acids is 2. The van der Waals surface area contributed by atoms with Crippen LogP contribution in [0.15, 0.2) is 41.3 Å². The van der Waals surface area contributed by atoms with Crippen LogP contribution in [-0.2, 0) is 11.2 Å². The van der Waals surface area contributed by atoms with Gasteiger partial charge in [0.1, 0.15) is 0 Å². The molecule has 2 aliphatic rings. The Hall–Kier alpha value is -2.93. The summed E-state index contributed by atoms with van der Waals surface area (Å²) in [6.45, 7) is 6.91. The molecule has 0 radical (unpaired) electrons. The number of ketones is 1. The van der Waals surface area contributed by atoms with Gasteiger partial charge in [-0.05, 0) is 25.3 Å². The normalized spacial score (nSPS) is 20.0. The molecule has 2 aliphatic heterocycles. The second-order valence-corrected chi connectivity index (χ2v) is 7.24. The van der Waals surface area contributed by atoms with E-state index in [4.69, 9.17) is 4.74 Å². The van der Waals surface area contributed by atoms with Crippen molar-refractivity contribution in [2.75, 3.05) is 13.2 Å². The highest BCUT2D eigenvalue weighted by Crippen LogP contribution is 2.33. The summed E-state index contributed by atoms with van der Waals surface area (Å²) >= 11 is 0. The minimum Gasteiger partial charge on any atom is -0.503 e. The van der Waals surface area contributed by atoms with Gasteiger partial charge in [0.15, 0.2) is 23.5 Å². The van der Waals surface area contributed by atoms with Gasteiger partial charge in [0.2, 0.25) is 5.43 Å². The van der Waals surface area contributed by atoms with E-state index in [0.29, 0.717) is 26.0 Å². The summed E-state index contributed by atoms with van der Waals surface area (Å²) in [4.78, 5) is 39.7. The Morgan fingerprint density at radius 1 is 1.20 bits per heavy atom. The zero-order chi connectivity index (χ0) is 21.8. The number of aryl methyl sites for hydroxylation is 1. The van der Waals surface area contributed by atoms with Crippen molar-refractivity contribution in [1.82, 2.24) is 9.47 Å². The summed E-state index contributed by atoms with van der Waals surface area (Å²) in [5.74, 6) is -1.46. The monoisotopic (exact) mass is 412 g/mol. The second kappa shape index (κ2) is 9.26. The molecule has 1 saturated heterocycles. The molecular weight excluding hydrogens is 384 g/mol. The van der Waals surface area contributed by atoms with Crippen molar-refractivity contribution in [3.63, 3.8) is 0 Å². The third-order valence-electron chi connectivity index (χ3n) is 5.45. The average Bonchev–Trinajstić information content (AvgIpc) is 2.79. The average molecular weight is 412 g/mol. The highest BCUT2D eigenvalue weighted by atomic mass is 16.5. The number of rotatable bonds is 4. The highest BCUT2D eigenvalue weighted by Gasteiger charge is 2.42. The van der Waals surface area contributed by atoms with Crippen LogP contribution < -0.4 is 5.43 Å². The van der Waals surface area contributed by atoms with Crippen LogP contribution in [0.25, 0.3) is 0 Å². The number of pyridine rings is 1. The Morgan fingerprint density at radius 2 is 1.90 bits per heavy atom. The van der Waals surface area contributed by atoms with E-state index in [9.17, 15) is 19.5 Å². The van der Waals surface area contributed by atoms with Gasteiger partial charge in [0, 0.05) is 19.2 Å². The number of ether oxygens (including phenoxy) is 1. The molecule has 160 valence electrons. The molecule has 1 amide bonds. The first-order chi connectivity index (χ1) is 14.5. The van der Waals surface area contributed by atoms with Gasteiger partial charge < -0.3 is 19.3 Å². The molecule has 2 atom stereocenters. The molecule has 2 unspecified atom stereocenters. The Balaban J connectivity index is 0.00000124. The molecular formula is C23H28N2O5. The van der Waals surface area contributed by atoms with Crippen molar-refractivity contribution in [1.29, 1.82) is 0 Å². The zero-order valence-corrected chi connectivity index (χ0v) is 17.6. The van der Waals surface area contributed by atoms with Crippen molar-refractivity contribution < 1.29 is 19.4 Å². The predicted molar refractivity (Wildman–Crippen MR) is 113 cm³/mol. The number of amides is 1. The van der Waals surface area contributed by atoms with E-state index in [2.05, 4.69) is 0 Å². The van der Waals surface area contributed by atoms with Gasteiger partial charge in [-0.1, -0.05) is 44.2 Å². The van der Waals surface area contributed by atoms with Gasteiger partial charge in [-0.15, -0.1) is 0 Å². The maximum absolute atomic E-state index is 12.8. The SMILES string of the molecule is CC.CC1C2OCCCN2C(=O)c2c(O)c(=O)c(C(=O)CCc3ccccc3)cn21. The summed E-state index contributed by atoms with van der Waals surface area (Å²) in [6, 6.07) is 9.19. The van der Waals surface area contributed by atoms with Crippen LogP contribution in [0.4, 0.5) is 0 Å². The van der Waals surface area contributed by atoms with E-state index in [1.165, 1.54) is 10.8 Å². The number of benzene rings is 1. The molecule has 2 aromatic rings. The molecule has 0 spiro atoms. The van der Waals surface area contributed by atoms with Crippen LogP contribution in [0.3, 0.4) is 0 Å². The lowest BCUT2D eigenvalue weighted by Gasteiger charge is -2.44. The highest BCUT2D eigenvalue weighted by molar-refractivity contribution is 6.00. The Labute approximate surface area is 175 Å². The largest absolute Gasteiger partial charge is 0.503 e. The smallest absolute Gasteiger partial charge is 0.276 e. The summed E-state index contributed by atoms with van der Waals surface area (Å²) in [6.07, 6.45) is 2.28. The van der Waals surface area contributed by atoms with E-state index >= 15 is 0 Å². The third kappa shape index (κ3) is 3.89. The summed E-state index contributed by atoms with van der Waals surface area (Å²) in [5, 5.41) is 10.5. The number of nitrogens with zero attached hydrogens (tertiary/aromatic N) is 2. The Bertz CT molecular complexity index is 983. The number of hydrogen-bond donors (Lipinski definition) is 1. The van der Waals surface area contributed by atoms with Crippen LogP contribution in [0.2, 0.25) is 0 Å². The minimum absolute atomic E-state index is 0.0705. The first-order valence-electron chi connectivity index (χ1n) is 10.5. The molecule has 0 saturated carbocycles. The molecule has 1 aromatic heterocycles. The van der Waals surface area contributed by atoms with Crippen LogP contribution in [-0.4, -0.2) is 45.6 Å². The van der Waals surface area contributed by atoms with Gasteiger partial charge in [-0.25, -0.2) is 0 Å². The Kier molecular flexibility index (Phi) is 6.72. The second-order valence-electron chi connectivity index (χ2n) is 7.24. The van der Waals surface area contributed by atoms with Crippen LogP contribution in [0.5, 0.6) is 5.75 Å². The lowest BCUT2D eigenvalue weighted by atomic mass is 10.0. The Morgan fingerprint density at radius 3 is 2.60 bits per heavy atom. The van der Waals surface area contributed by atoms with Crippen LogP contribution >= 0.6 is 0 Å². The third-order valence-corrected chi connectivity index (χ3v) is 5.45. The zero-order valence-electron chi connectivity index (χ0n) is 17.6. The fourth-order valence-electron chi connectivity index (χ4n) is 3.93. The van der Waals surface area contributed by atoms with Gasteiger partial charge in [-0.3, -0.25) is 14.4 Å². The maximum atomic E-state index is 12.8. The number of hydrogen-bond acceptors (Lipinski definition) is 5.